The van der Waals surface area contributed by atoms with Crippen molar-refractivity contribution >= 4 is 15.9 Å². The van der Waals surface area contributed by atoms with Gasteiger partial charge < -0.3 is 5.32 Å². The van der Waals surface area contributed by atoms with Crippen LogP contribution in [0.15, 0.2) is 59.5 Å². The molecule has 5 nitrogen and oxygen atoms in total. The molecule has 2 aromatic rings. The maximum Gasteiger partial charge on any atom is 0.240 e. The predicted molar refractivity (Wildman–Crippen MR) is 95.0 cm³/mol. The number of sulfonamides is 1. The van der Waals surface area contributed by atoms with Crippen molar-refractivity contribution in [3.05, 3.63) is 54.6 Å². The second kappa shape index (κ2) is 8.61. The second-order valence-electron chi connectivity index (χ2n) is 5.48. The summed E-state index contributed by atoms with van der Waals surface area (Å²) in [6, 6.07) is 16.6. The summed E-state index contributed by atoms with van der Waals surface area (Å²) in [5, 5.41) is 2.68. The Kier molecular flexibility index (Phi) is 6.52. The highest BCUT2D eigenvalue weighted by Crippen LogP contribution is 2.20. The molecule has 24 heavy (non-hydrogen) atoms. The van der Waals surface area contributed by atoms with Crippen LogP contribution < -0.4 is 10.0 Å². The highest BCUT2D eigenvalue weighted by molar-refractivity contribution is 7.89. The highest BCUT2D eigenvalue weighted by Gasteiger charge is 2.13. The molecule has 0 aliphatic rings. The summed E-state index contributed by atoms with van der Waals surface area (Å²) >= 11 is 0. The van der Waals surface area contributed by atoms with E-state index in [4.69, 9.17) is 0 Å². The Morgan fingerprint density at radius 1 is 0.875 bits per heavy atom. The quantitative estimate of drug-likeness (QED) is 0.721. The lowest BCUT2D eigenvalue weighted by Crippen LogP contribution is -2.26. The summed E-state index contributed by atoms with van der Waals surface area (Å²) in [6.45, 7) is 2.37. The van der Waals surface area contributed by atoms with E-state index in [1.165, 1.54) is 6.92 Å². The molecule has 128 valence electrons. The standard InChI is InChI=1S/C18H22N2O3S/c1-15(21)19-13-5-6-14-20-24(22,23)18-11-9-17(10-12-18)16-7-3-2-4-8-16/h2-4,7-12,20H,5-6,13-14H2,1H3,(H,19,21). The van der Waals surface area contributed by atoms with Gasteiger partial charge in [-0.15, -0.1) is 0 Å². The smallest absolute Gasteiger partial charge is 0.240 e. The topological polar surface area (TPSA) is 75.3 Å². The van der Waals surface area contributed by atoms with Crippen LogP contribution in [0.4, 0.5) is 0 Å². The van der Waals surface area contributed by atoms with Gasteiger partial charge >= 0.3 is 0 Å². The van der Waals surface area contributed by atoms with Crippen molar-refractivity contribution in [2.24, 2.45) is 0 Å². The van der Waals surface area contributed by atoms with E-state index in [2.05, 4.69) is 10.0 Å². The van der Waals surface area contributed by atoms with Crippen LogP contribution in [0.5, 0.6) is 0 Å². The molecule has 2 rings (SSSR count). The van der Waals surface area contributed by atoms with Crippen molar-refractivity contribution in [1.29, 1.82) is 0 Å². The Hall–Kier alpha value is -2.18. The van der Waals surface area contributed by atoms with Gasteiger partial charge in [-0.05, 0) is 36.1 Å². The molecule has 0 radical (unpaired) electrons. The van der Waals surface area contributed by atoms with Crippen LogP contribution >= 0.6 is 0 Å². The summed E-state index contributed by atoms with van der Waals surface area (Å²) in [5.41, 5.74) is 2.03. The lowest BCUT2D eigenvalue weighted by molar-refractivity contribution is -0.118. The summed E-state index contributed by atoms with van der Waals surface area (Å²) in [5.74, 6) is -0.0749. The Bertz CT molecular complexity index is 757. The van der Waals surface area contributed by atoms with Crippen LogP contribution in [-0.2, 0) is 14.8 Å². The molecular weight excluding hydrogens is 324 g/mol. The monoisotopic (exact) mass is 346 g/mol. The number of carbonyl (C=O) groups excluding carboxylic acids is 1. The summed E-state index contributed by atoms with van der Waals surface area (Å²) in [4.78, 5) is 11.0. The van der Waals surface area contributed by atoms with Crippen LogP contribution in [0.25, 0.3) is 11.1 Å². The van der Waals surface area contributed by atoms with Crippen LogP contribution in [0.1, 0.15) is 19.8 Å². The van der Waals surface area contributed by atoms with Gasteiger partial charge in [-0.1, -0.05) is 42.5 Å². The molecule has 0 bridgehead atoms. The lowest BCUT2D eigenvalue weighted by Gasteiger charge is -2.08. The summed E-state index contributed by atoms with van der Waals surface area (Å²) in [6.07, 6.45) is 1.40. The van der Waals surface area contributed by atoms with Gasteiger partial charge in [-0.2, -0.15) is 0 Å². The first-order chi connectivity index (χ1) is 11.5. The minimum Gasteiger partial charge on any atom is -0.356 e. The molecule has 0 saturated carbocycles. The van der Waals surface area contributed by atoms with Gasteiger partial charge in [0.2, 0.25) is 15.9 Å². The number of benzene rings is 2. The first kappa shape index (κ1) is 18.2. The maximum atomic E-state index is 12.2. The number of rotatable bonds is 8. The molecule has 0 saturated heterocycles. The molecule has 0 atom stereocenters. The van der Waals surface area contributed by atoms with Crippen LogP contribution in [0, 0.1) is 0 Å². The summed E-state index contributed by atoms with van der Waals surface area (Å²) in [7, 11) is -3.50. The molecule has 6 heteroatoms. The van der Waals surface area contributed by atoms with Crippen molar-refractivity contribution < 1.29 is 13.2 Å². The zero-order chi connectivity index (χ0) is 17.4. The van der Waals surface area contributed by atoms with E-state index in [9.17, 15) is 13.2 Å². The number of unbranched alkanes of at least 4 members (excludes halogenated alkanes) is 1. The largest absolute Gasteiger partial charge is 0.356 e. The van der Waals surface area contributed by atoms with Crippen molar-refractivity contribution in [3.63, 3.8) is 0 Å². The van der Waals surface area contributed by atoms with Crippen molar-refractivity contribution in [1.82, 2.24) is 10.0 Å². The van der Waals surface area contributed by atoms with Gasteiger partial charge in [-0.25, -0.2) is 13.1 Å². The third-order valence-corrected chi connectivity index (χ3v) is 5.02. The minimum absolute atomic E-state index is 0.0749. The van der Waals surface area contributed by atoms with Crippen molar-refractivity contribution in [2.75, 3.05) is 13.1 Å². The van der Waals surface area contributed by atoms with Crippen LogP contribution in [0.3, 0.4) is 0 Å². The zero-order valence-corrected chi connectivity index (χ0v) is 14.5. The van der Waals surface area contributed by atoms with E-state index in [0.717, 1.165) is 17.5 Å². The van der Waals surface area contributed by atoms with E-state index in [0.29, 0.717) is 19.5 Å². The van der Waals surface area contributed by atoms with Crippen molar-refractivity contribution in [3.8, 4) is 11.1 Å². The van der Waals surface area contributed by atoms with E-state index in [-0.39, 0.29) is 10.8 Å². The normalized spacial score (nSPS) is 11.2. The van der Waals surface area contributed by atoms with Crippen molar-refractivity contribution in [2.45, 2.75) is 24.7 Å². The van der Waals surface area contributed by atoms with E-state index in [1.807, 2.05) is 30.3 Å². The maximum absolute atomic E-state index is 12.2. The number of hydrogen-bond donors (Lipinski definition) is 2. The molecule has 1 amide bonds. The van der Waals surface area contributed by atoms with Crippen LogP contribution in [-0.4, -0.2) is 27.4 Å². The average molecular weight is 346 g/mol. The van der Waals surface area contributed by atoms with E-state index < -0.39 is 10.0 Å². The Balaban J connectivity index is 1.89. The first-order valence-electron chi connectivity index (χ1n) is 7.88. The van der Waals surface area contributed by atoms with Crippen LogP contribution in [0.2, 0.25) is 0 Å². The van der Waals surface area contributed by atoms with E-state index >= 15 is 0 Å². The van der Waals surface area contributed by atoms with Gasteiger partial charge in [0, 0.05) is 20.0 Å². The first-order valence-corrected chi connectivity index (χ1v) is 9.37. The Morgan fingerprint density at radius 2 is 1.46 bits per heavy atom. The fourth-order valence-electron chi connectivity index (χ4n) is 2.26. The Labute approximate surface area is 143 Å². The molecule has 0 heterocycles. The molecule has 2 aromatic carbocycles. The molecule has 2 N–H and O–H groups in total. The molecule has 0 fully saturated rings. The zero-order valence-electron chi connectivity index (χ0n) is 13.7. The molecule has 0 spiro atoms. The third kappa shape index (κ3) is 5.47. The predicted octanol–water partition coefficient (Wildman–Crippen LogP) is 2.55. The van der Waals surface area contributed by atoms with Gasteiger partial charge in [0.15, 0.2) is 0 Å². The molecule has 0 aromatic heterocycles. The molecular formula is C18H22N2O3S. The molecule has 0 unspecified atom stereocenters. The summed E-state index contributed by atoms with van der Waals surface area (Å²) < 4.78 is 27.1. The Morgan fingerprint density at radius 3 is 2.08 bits per heavy atom. The SMILES string of the molecule is CC(=O)NCCCCNS(=O)(=O)c1ccc(-c2ccccc2)cc1. The number of carbonyl (C=O) groups is 1. The fraction of sp³-hybridized carbons (Fsp3) is 0.278. The minimum atomic E-state index is -3.50. The third-order valence-electron chi connectivity index (χ3n) is 3.54. The van der Waals surface area contributed by atoms with Gasteiger partial charge in [0.1, 0.15) is 0 Å². The lowest BCUT2D eigenvalue weighted by atomic mass is 10.1. The number of amides is 1. The molecule has 0 aliphatic carbocycles. The fourth-order valence-corrected chi connectivity index (χ4v) is 3.34. The molecule has 0 aliphatic heterocycles. The average Bonchev–Trinajstić information content (AvgIpc) is 2.58. The van der Waals surface area contributed by atoms with Gasteiger partial charge in [0.25, 0.3) is 0 Å². The number of hydrogen-bond acceptors (Lipinski definition) is 3. The van der Waals surface area contributed by atoms with Gasteiger partial charge in [0.05, 0.1) is 4.90 Å². The number of nitrogens with one attached hydrogen (secondary N) is 2. The van der Waals surface area contributed by atoms with Gasteiger partial charge in [-0.3, -0.25) is 4.79 Å². The van der Waals surface area contributed by atoms with E-state index in [1.54, 1.807) is 24.3 Å². The highest BCUT2D eigenvalue weighted by atomic mass is 32.2. The second-order valence-corrected chi connectivity index (χ2v) is 7.25.